The summed E-state index contributed by atoms with van der Waals surface area (Å²) in [4.78, 5) is 20.3. The molecule has 98 valence electrons. The number of aromatic nitrogens is 1. The van der Waals surface area contributed by atoms with E-state index in [2.05, 4.69) is 25.8 Å². The van der Waals surface area contributed by atoms with Crippen LogP contribution in [0.15, 0.2) is 22.8 Å². The number of carbonyl (C=O) groups excluding carboxylic acids is 1. The molecule has 0 spiro atoms. The first-order valence-corrected chi connectivity index (χ1v) is 6.74. The lowest BCUT2D eigenvalue weighted by Crippen LogP contribution is -2.49. The highest BCUT2D eigenvalue weighted by atomic mass is 79.9. The van der Waals surface area contributed by atoms with E-state index < -0.39 is 0 Å². The Hall–Kier alpha value is -0.980. The molecule has 1 aliphatic rings. The lowest BCUT2D eigenvalue weighted by Gasteiger charge is -2.34. The van der Waals surface area contributed by atoms with Gasteiger partial charge in [-0.05, 0) is 28.1 Å². The van der Waals surface area contributed by atoms with Crippen LogP contribution in [0.1, 0.15) is 10.5 Å². The van der Waals surface area contributed by atoms with Crippen LogP contribution in [-0.4, -0.2) is 65.1 Å². The Bertz CT molecular complexity index is 420. The van der Waals surface area contributed by atoms with Crippen LogP contribution in [-0.2, 0) is 0 Å². The highest BCUT2D eigenvalue weighted by molar-refractivity contribution is 9.10. The standard InChI is InChI=1S/C12H16BrN3O2/c13-10-2-1-3-14-11(10)12(18)16-6-4-15(5-7-16)8-9-17/h1-3,17H,4-9H2. The maximum atomic E-state index is 12.3. The summed E-state index contributed by atoms with van der Waals surface area (Å²) in [5.41, 5.74) is 0.466. The highest BCUT2D eigenvalue weighted by Crippen LogP contribution is 2.16. The second-order valence-electron chi connectivity index (χ2n) is 4.19. The van der Waals surface area contributed by atoms with Crippen molar-refractivity contribution < 1.29 is 9.90 Å². The van der Waals surface area contributed by atoms with Gasteiger partial charge in [0.2, 0.25) is 0 Å². The van der Waals surface area contributed by atoms with Crippen LogP contribution in [0.25, 0.3) is 0 Å². The molecule has 5 nitrogen and oxygen atoms in total. The zero-order valence-corrected chi connectivity index (χ0v) is 11.6. The minimum atomic E-state index is -0.0360. The van der Waals surface area contributed by atoms with Gasteiger partial charge in [-0.15, -0.1) is 0 Å². The summed E-state index contributed by atoms with van der Waals surface area (Å²) < 4.78 is 0.729. The predicted molar refractivity (Wildman–Crippen MR) is 71.4 cm³/mol. The van der Waals surface area contributed by atoms with Crippen LogP contribution in [0.3, 0.4) is 0 Å². The molecule has 0 atom stereocenters. The fourth-order valence-corrected chi connectivity index (χ4v) is 2.43. The van der Waals surface area contributed by atoms with Gasteiger partial charge in [-0.1, -0.05) is 0 Å². The van der Waals surface area contributed by atoms with Crippen molar-refractivity contribution in [1.29, 1.82) is 0 Å². The molecule has 18 heavy (non-hydrogen) atoms. The van der Waals surface area contributed by atoms with Gasteiger partial charge in [-0.25, -0.2) is 4.98 Å². The smallest absolute Gasteiger partial charge is 0.273 e. The van der Waals surface area contributed by atoms with Gasteiger partial charge >= 0.3 is 0 Å². The normalized spacial score (nSPS) is 16.9. The van der Waals surface area contributed by atoms with Crippen LogP contribution in [0.4, 0.5) is 0 Å². The first-order valence-electron chi connectivity index (χ1n) is 5.95. The Morgan fingerprint density at radius 1 is 1.39 bits per heavy atom. The van der Waals surface area contributed by atoms with E-state index in [1.165, 1.54) is 0 Å². The molecule has 2 rings (SSSR count). The van der Waals surface area contributed by atoms with Gasteiger partial charge in [0, 0.05) is 43.4 Å². The Morgan fingerprint density at radius 2 is 2.11 bits per heavy atom. The van der Waals surface area contributed by atoms with E-state index in [0.29, 0.717) is 25.3 Å². The molecule has 0 aliphatic carbocycles. The van der Waals surface area contributed by atoms with Crippen LogP contribution < -0.4 is 0 Å². The fraction of sp³-hybridized carbons (Fsp3) is 0.500. The number of piperazine rings is 1. The number of amides is 1. The lowest BCUT2D eigenvalue weighted by molar-refractivity contribution is 0.0608. The Labute approximate surface area is 115 Å². The molecule has 0 saturated carbocycles. The summed E-state index contributed by atoms with van der Waals surface area (Å²) in [6, 6.07) is 3.61. The van der Waals surface area contributed by atoms with Crippen molar-refractivity contribution >= 4 is 21.8 Å². The number of carbonyl (C=O) groups is 1. The maximum absolute atomic E-state index is 12.3. The predicted octanol–water partition coefficient (Wildman–Crippen LogP) is 0.594. The zero-order valence-electron chi connectivity index (χ0n) is 10.0. The summed E-state index contributed by atoms with van der Waals surface area (Å²) >= 11 is 3.35. The number of β-amino-alcohol motifs (C(OH)–C–C–N with tert-alkyl or cyclic N) is 1. The number of hydrogen-bond acceptors (Lipinski definition) is 4. The first kappa shape index (κ1) is 13.5. The van der Waals surface area contributed by atoms with E-state index >= 15 is 0 Å². The summed E-state index contributed by atoms with van der Waals surface area (Å²) in [5, 5.41) is 8.87. The Morgan fingerprint density at radius 3 is 2.72 bits per heavy atom. The topological polar surface area (TPSA) is 56.7 Å². The van der Waals surface area contributed by atoms with Gasteiger partial charge in [0.05, 0.1) is 6.61 Å². The van der Waals surface area contributed by atoms with E-state index in [-0.39, 0.29) is 12.5 Å². The average Bonchev–Trinajstić information content (AvgIpc) is 2.40. The molecule has 1 N–H and O–H groups in total. The third-order valence-electron chi connectivity index (χ3n) is 3.04. The molecule has 0 aromatic carbocycles. The van der Waals surface area contributed by atoms with Crippen molar-refractivity contribution in [2.45, 2.75) is 0 Å². The van der Waals surface area contributed by atoms with Crippen molar-refractivity contribution in [3.05, 3.63) is 28.5 Å². The third-order valence-corrected chi connectivity index (χ3v) is 3.68. The minimum Gasteiger partial charge on any atom is -0.395 e. The SMILES string of the molecule is O=C(c1ncccc1Br)N1CCN(CCO)CC1. The molecule has 1 aliphatic heterocycles. The Balaban J connectivity index is 1.98. The van der Waals surface area contributed by atoms with E-state index in [0.717, 1.165) is 17.6 Å². The monoisotopic (exact) mass is 313 g/mol. The molecular formula is C12H16BrN3O2. The van der Waals surface area contributed by atoms with Crippen LogP contribution in [0.5, 0.6) is 0 Å². The minimum absolute atomic E-state index is 0.0360. The number of pyridine rings is 1. The van der Waals surface area contributed by atoms with Gasteiger partial charge in [0.25, 0.3) is 5.91 Å². The summed E-state index contributed by atoms with van der Waals surface area (Å²) in [5.74, 6) is -0.0360. The van der Waals surface area contributed by atoms with E-state index in [1.807, 2.05) is 6.07 Å². The van der Waals surface area contributed by atoms with Gasteiger partial charge < -0.3 is 10.0 Å². The van der Waals surface area contributed by atoms with Crippen LogP contribution in [0.2, 0.25) is 0 Å². The summed E-state index contributed by atoms with van der Waals surface area (Å²) in [7, 11) is 0. The van der Waals surface area contributed by atoms with E-state index in [9.17, 15) is 4.79 Å². The fourth-order valence-electron chi connectivity index (χ4n) is 2.01. The molecule has 0 unspecified atom stereocenters. The zero-order chi connectivity index (χ0) is 13.0. The number of hydrogen-bond donors (Lipinski definition) is 1. The second-order valence-corrected chi connectivity index (χ2v) is 5.05. The number of aliphatic hydroxyl groups is 1. The van der Waals surface area contributed by atoms with Crippen molar-refractivity contribution in [1.82, 2.24) is 14.8 Å². The molecule has 1 saturated heterocycles. The maximum Gasteiger partial charge on any atom is 0.273 e. The number of rotatable bonds is 3. The van der Waals surface area contributed by atoms with Crippen molar-refractivity contribution in [3.63, 3.8) is 0 Å². The molecule has 0 bridgehead atoms. The highest BCUT2D eigenvalue weighted by Gasteiger charge is 2.23. The molecule has 2 heterocycles. The van der Waals surface area contributed by atoms with Crippen molar-refractivity contribution in [2.75, 3.05) is 39.3 Å². The van der Waals surface area contributed by atoms with Crippen molar-refractivity contribution in [3.8, 4) is 0 Å². The second kappa shape index (κ2) is 6.26. The van der Waals surface area contributed by atoms with Gasteiger partial charge in [0.1, 0.15) is 5.69 Å². The molecule has 1 amide bonds. The van der Waals surface area contributed by atoms with E-state index in [4.69, 9.17) is 5.11 Å². The van der Waals surface area contributed by atoms with Crippen LogP contribution >= 0.6 is 15.9 Å². The molecule has 1 fully saturated rings. The number of nitrogens with zero attached hydrogens (tertiary/aromatic N) is 3. The molecule has 0 radical (unpaired) electrons. The van der Waals surface area contributed by atoms with Crippen LogP contribution in [0, 0.1) is 0 Å². The summed E-state index contributed by atoms with van der Waals surface area (Å²) in [6.07, 6.45) is 1.63. The molecule has 1 aromatic heterocycles. The third kappa shape index (κ3) is 3.07. The summed E-state index contributed by atoms with van der Waals surface area (Å²) in [6.45, 7) is 3.81. The van der Waals surface area contributed by atoms with E-state index in [1.54, 1.807) is 17.2 Å². The Kier molecular flexibility index (Phi) is 4.68. The van der Waals surface area contributed by atoms with Gasteiger partial charge in [-0.3, -0.25) is 9.69 Å². The average molecular weight is 314 g/mol. The quantitative estimate of drug-likeness (QED) is 0.887. The van der Waals surface area contributed by atoms with Gasteiger partial charge in [-0.2, -0.15) is 0 Å². The largest absolute Gasteiger partial charge is 0.395 e. The molecule has 6 heteroatoms. The van der Waals surface area contributed by atoms with Gasteiger partial charge in [0.15, 0.2) is 0 Å². The number of aliphatic hydroxyl groups excluding tert-OH is 1. The molecule has 1 aromatic rings. The van der Waals surface area contributed by atoms with Crippen molar-refractivity contribution in [2.24, 2.45) is 0 Å². The molecular weight excluding hydrogens is 298 g/mol. The number of halogens is 1. The lowest BCUT2D eigenvalue weighted by atomic mass is 10.2. The first-order chi connectivity index (χ1) is 8.72.